The summed E-state index contributed by atoms with van der Waals surface area (Å²) in [5.41, 5.74) is 16.7. The van der Waals surface area contributed by atoms with Crippen molar-refractivity contribution < 1.29 is 0 Å². The summed E-state index contributed by atoms with van der Waals surface area (Å²) in [5, 5.41) is 2.54. The summed E-state index contributed by atoms with van der Waals surface area (Å²) in [7, 11) is 0. The van der Waals surface area contributed by atoms with Gasteiger partial charge in [0, 0.05) is 23.2 Å². The van der Waals surface area contributed by atoms with Crippen LogP contribution in [0, 0.1) is 0 Å². The molecule has 0 atom stereocenters. The third-order valence-corrected chi connectivity index (χ3v) is 11.0. The Morgan fingerprint density at radius 3 is 1.83 bits per heavy atom. The minimum Gasteiger partial charge on any atom is -0.310 e. The number of nitrogens with zero attached hydrogens (tertiary/aromatic N) is 1. The summed E-state index contributed by atoms with van der Waals surface area (Å²) in [4.78, 5) is 2.49. The lowest BCUT2D eigenvalue weighted by Crippen LogP contribution is -2.17. The van der Waals surface area contributed by atoms with Crippen LogP contribution in [0.4, 0.5) is 17.1 Å². The number of anilines is 3. The molecule has 0 radical (unpaired) electrons. The van der Waals surface area contributed by atoms with Crippen molar-refractivity contribution >= 4 is 27.8 Å². The second-order valence-corrected chi connectivity index (χ2v) is 14.5. The molecule has 0 unspecified atom stereocenters. The van der Waals surface area contributed by atoms with E-state index in [1.807, 2.05) is 0 Å². The minimum absolute atomic E-state index is 0.103. The molecule has 0 saturated heterocycles. The van der Waals surface area contributed by atoms with E-state index in [0.717, 1.165) is 18.5 Å². The maximum Gasteiger partial charge on any atom is 0.0503 e. The number of rotatable bonds is 8. The quantitative estimate of drug-likeness (QED) is 0.156. The fraction of sp³-hybridized carbons (Fsp3) is 0.0980. The van der Waals surface area contributed by atoms with E-state index in [4.69, 9.17) is 0 Å². The van der Waals surface area contributed by atoms with E-state index in [1.54, 1.807) is 0 Å². The SMILES string of the molecule is CC1(C)c2ccccc2-c2ccc(N(c3ccccc3)c3cccc(-c4c(Cc5ccccc5)ccc5ccccc45)c3Cc3ccccc3)cc21. The largest absolute Gasteiger partial charge is 0.310 e. The Morgan fingerprint density at radius 1 is 0.442 bits per heavy atom. The van der Waals surface area contributed by atoms with Crippen LogP contribution in [0.1, 0.15) is 47.2 Å². The van der Waals surface area contributed by atoms with Crippen molar-refractivity contribution in [1.29, 1.82) is 0 Å². The number of benzene rings is 8. The van der Waals surface area contributed by atoms with Gasteiger partial charge in [0.2, 0.25) is 0 Å². The van der Waals surface area contributed by atoms with Gasteiger partial charge < -0.3 is 4.90 Å². The van der Waals surface area contributed by atoms with Gasteiger partial charge in [0.1, 0.15) is 0 Å². The first-order chi connectivity index (χ1) is 25.6. The molecule has 0 N–H and O–H groups in total. The fourth-order valence-electron chi connectivity index (χ4n) is 8.44. The fourth-order valence-corrected chi connectivity index (χ4v) is 8.44. The average Bonchev–Trinajstić information content (AvgIpc) is 3.42. The van der Waals surface area contributed by atoms with Crippen LogP contribution < -0.4 is 4.90 Å². The molecule has 0 aliphatic heterocycles. The van der Waals surface area contributed by atoms with Crippen molar-refractivity contribution in [3.8, 4) is 22.3 Å². The van der Waals surface area contributed by atoms with Gasteiger partial charge in [-0.1, -0.05) is 172 Å². The van der Waals surface area contributed by atoms with Gasteiger partial charge in [-0.25, -0.2) is 0 Å². The Hall–Kier alpha value is -6.18. The van der Waals surface area contributed by atoms with Gasteiger partial charge in [-0.3, -0.25) is 0 Å². The summed E-state index contributed by atoms with van der Waals surface area (Å²) < 4.78 is 0. The Balaban J connectivity index is 1.31. The monoisotopic (exact) mass is 667 g/mol. The van der Waals surface area contributed by atoms with Crippen LogP contribution in [-0.2, 0) is 18.3 Å². The van der Waals surface area contributed by atoms with Gasteiger partial charge >= 0.3 is 0 Å². The van der Waals surface area contributed by atoms with E-state index in [0.29, 0.717) is 0 Å². The Bertz CT molecular complexity index is 2530. The molecule has 0 amide bonds. The molecule has 8 aromatic rings. The molecule has 0 heterocycles. The van der Waals surface area contributed by atoms with Crippen LogP contribution in [0.2, 0.25) is 0 Å². The minimum atomic E-state index is -0.103. The third kappa shape index (κ3) is 5.60. The summed E-state index contributed by atoms with van der Waals surface area (Å²) in [6, 6.07) is 69.2. The van der Waals surface area contributed by atoms with Crippen LogP contribution in [0.25, 0.3) is 33.0 Å². The van der Waals surface area contributed by atoms with Crippen molar-refractivity contribution in [3.63, 3.8) is 0 Å². The zero-order chi connectivity index (χ0) is 35.1. The van der Waals surface area contributed by atoms with Gasteiger partial charge in [-0.05, 0) is 103 Å². The molecular formula is C51H41N. The van der Waals surface area contributed by atoms with Gasteiger partial charge in [-0.15, -0.1) is 0 Å². The first-order valence-electron chi connectivity index (χ1n) is 18.4. The summed E-state index contributed by atoms with van der Waals surface area (Å²) in [6.45, 7) is 4.73. The Morgan fingerprint density at radius 2 is 1.06 bits per heavy atom. The summed E-state index contributed by atoms with van der Waals surface area (Å²) in [6.07, 6.45) is 1.66. The molecule has 1 aliphatic carbocycles. The highest BCUT2D eigenvalue weighted by molar-refractivity contribution is 6.01. The third-order valence-electron chi connectivity index (χ3n) is 11.0. The summed E-state index contributed by atoms with van der Waals surface area (Å²) in [5.74, 6) is 0. The van der Waals surface area contributed by atoms with E-state index in [9.17, 15) is 0 Å². The van der Waals surface area contributed by atoms with Gasteiger partial charge in [-0.2, -0.15) is 0 Å². The highest BCUT2D eigenvalue weighted by Crippen LogP contribution is 2.51. The molecule has 0 aromatic heterocycles. The molecule has 0 spiro atoms. The highest BCUT2D eigenvalue weighted by Gasteiger charge is 2.36. The average molecular weight is 668 g/mol. The molecule has 250 valence electrons. The van der Waals surface area contributed by atoms with Crippen molar-refractivity contribution in [1.82, 2.24) is 0 Å². The van der Waals surface area contributed by atoms with Crippen molar-refractivity contribution in [2.24, 2.45) is 0 Å². The molecule has 1 nitrogen and oxygen atoms in total. The second-order valence-electron chi connectivity index (χ2n) is 14.5. The van der Waals surface area contributed by atoms with Crippen molar-refractivity contribution in [3.05, 3.63) is 221 Å². The van der Waals surface area contributed by atoms with E-state index < -0.39 is 0 Å². The molecule has 52 heavy (non-hydrogen) atoms. The van der Waals surface area contributed by atoms with Crippen molar-refractivity contribution in [2.75, 3.05) is 4.90 Å². The molecular weight excluding hydrogens is 627 g/mol. The molecule has 8 aromatic carbocycles. The zero-order valence-electron chi connectivity index (χ0n) is 29.8. The maximum atomic E-state index is 2.49. The summed E-state index contributed by atoms with van der Waals surface area (Å²) >= 11 is 0. The number of hydrogen-bond acceptors (Lipinski definition) is 1. The zero-order valence-corrected chi connectivity index (χ0v) is 29.8. The molecule has 9 rings (SSSR count). The predicted octanol–water partition coefficient (Wildman–Crippen LogP) is 13.5. The van der Waals surface area contributed by atoms with Crippen LogP contribution in [0.15, 0.2) is 188 Å². The maximum absolute atomic E-state index is 2.49. The lowest BCUT2D eigenvalue weighted by atomic mass is 9.82. The van der Waals surface area contributed by atoms with Crippen LogP contribution >= 0.6 is 0 Å². The van der Waals surface area contributed by atoms with Crippen LogP contribution in [0.5, 0.6) is 0 Å². The van der Waals surface area contributed by atoms with E-state index in [-0.39, 0.29) is 5.41 Å². The lowest BCUT2D eigenvalue weighted by Gasteiger charge is -2.31. The number of para-hydroxylation sites is 1. The molecule has 0 fully saturated rings. The topological polar surface area (TPSA) is 3.24 Å². The number of hydrogen-bond donors (Lipinski definition) is 0. The van der Waals surface area contributed by atoms with Gasteiger partial charge in [0.25, 0.3) is 0 Å². The molecule has 1 aliphatic rings. The van der Waals surface area contributed by atoms with Gasteiger partial charge in [0.05, 0.1) is 5.69 Å². The van der Waals surface area contributed by atoms with E-state index in [1.165, 1.54) is 77.8 Å². The molecule has 0 saturated carbocycles. The first kappa shape index (κ1) is 31.8. The Kier molecular flexibility index (Phi) is 8.05. The second kappa shape index (κ2) is 13.2. The standard InChI is InChI=1S/C51H41N/c1-51(2)47-27-15-14-25-43(47)44-32-31-41(35-48(44)51)52(40-22-10-5-11-23-40)49-28-16-26-45(46(49)34-37-19-8-4-9-20-37)50-39(33-36-17-6-3-7-18-36)30-29-38-21-12-13-24-42(38)50/h3-32,35H,33-34H2,1-2H3. The number of fused-ring (bicyclic) bond motifs is 4. The van der Waals surface area contributed by atoms with E-state index >= 15 is 0 Å². The highest BCUT2D eigenvalue weighted by atomic mass is 15.1. The predicted molar refractivity (Wildman–Crippen MR) is 220 cm³/mol. The first-order valence-corrected chi connectivity index (χ1v) is 18.4. The molecule has 0 bridgehead atoms. The Labute approximate surface area is 307 Å². The van der Waals surface area contributed by atoms with Gasteiger partial charge in [0.15, 0.2) is 0 Å². The van der Waals surface area contributed by atoms with Crippen LogP contribution in [-0.4, -0.2) is 0 Å². The molecule has 1 heteroatoms. The van der Waals surface area contributed by atoms with E-state index in [2.05, 4.69) is 207 Å². The van der Waals surface area contributed by atoms with Crippen molar-refractivity contribution in [2.45, 2.75) is 32.1 Å². The smallest absolute Gasteiger partial charge is 0.0503 e. The normalized spacial score (nSPS) is 12.7. The lowest BCUT2D eigenvalue weighted by molar-refractivity contribution is 0.660. The van der Waals surface area contributed by atoms with Crippen LogP contribution in [0.3, 0.4) is 0 Å².